The molecule has 0 aliphatic carbocycles. The summed E-state index contributed by atoms with van der Waals surface area (Å²) >= 11 is 0. The molecule has 0 amide bonds. The summed E-state index contributed by atoms with van der Waals surface area (Å²) in [5.74, 6) is 0. The summed E-state index contributed by atoms with van der Waals surface area (Å²) in [6, 6.07) is 32.3. The molecule has 0 unspecified atom stereocenters. The van der Waals surface area contributed by atoms with Crippen LogP contribution in [0.3, 0.4) is 0 Å². The first kappa shape index (κ1) is 26.0. The monoisotopic (exact) mass is 686 g/mol. The molecule has 3 aromatic carbocycles. The second kappa shape index (κ2) is 14.0. The fourth-order valence-corrected chi connectivity index (χ4v) is 4.48. The van der Waals surface area contributed by atoms with Crippen LogP contribution in [0.15, 0.2) is 91.0 Å². The Balaban J connectivity index is 0. The van der Waals surface area contributed by atoms with Crippen LogP contribution in [0.5, 0.6) is 0 Å². The van der Waals surface area contributed by atoms with Crippen LogP contribution in [-0.4, -0.2) is 0 Å². The maximum atomic E-state index is 2.23. The number of rotatable bonds is 3. The third kappa shape index (κ3) is 7.25. The maximum absolute atomic E-state index is 2.23. The van der Waals surface area contributed by atoms with Crippen molar-refractivity contribution in [2.24, 2.45) is 0 Å². The van der Waals surface area contributed by atoms with Gasteiger partial charge in [-0.1, -0.05) is 91.0 Å². The van der Waals surface area contributed by atoms with Crippen LogP contribution < -0.4 is 15.9 Å². The molecule has 0 nitrogen and oxygen atoms in total. The molecule has 0 spiro atoms. The maximum Gasteiger partial charge on any atom is 0 e. The van der Waals surface area contributed by atoms with Gasteiger partial charge in [-0.3, -0.25) is 0 Å². The summed E-state index contributed by atoms with van der Waals surface area (Å²) in [5, 5.41) is 4.19. The smallest absolute Gasteiger partial charge is 0 e. The summed E-state index contributed by atoms with van der Waals surface area (Å²) < 4.78 is 0. The molecule has 0 radical (unpaired) electrons. The van der Waals surface area contributed by atoms with E-state index in [1.165, 1.54) is 15.9 Å². The summed E-state index contributed by atoms with van der Waals surface area (Å²) in [6.45, 7) is 0. The largest absolute Gasteiger partial charge is 0.0622 e. The van der Waals surface area contributed by atoms with Crippen LogP contribution in [0.25, 0.3) is 0 Å². The van der Waals surface area contributed by atoms with Gasteiger partial charge in [0.1, 0.15) is 0 Å². The van der Waals surface area contributed by atoms with Crippen LogP contribution >= 0.6 is 7.92 Å². The topological polar surface area (TPSA) is 0 Å². The number of hydrogen-bond donors (Lipinski definition) is 0. The second-order valence-electron chi connectivity index (χ2n) is 4.34. The van der Waals surface area contributed by atoms with Crippen molar-refractivity contribution in [2.75, 3.05) is 0 Å². The van der Waals surface area contributed by atoms with E-state index in [2.05, 4.69) is 91.0 Å². The zero-order valence-electron chi connectivity index (χ0n) is 11.9. The van der Waals surface area contributed by atoms with Gasteiger partial charge in [-0.05, 0) is 23.8 Å². The number of hydrogen-bond acceptors (Lipinski definition) is 0. The molecule has 0 aromatic heterocycles. The molecule has 0 aliphatic heterocycles. The van der Waals surface area contributed by atoms with E-state index >= 15 is 0 Å². The molecule has 0 bridgehead atoms. The summed E-state index contributed by atoms with van der Waals surface area (Å²) in [7, 11) is -0.446. The van der Waals surface area contributed by atoms with Crippen LogP contribution in [0.4, 0.5) is 0 Å². The third-order valence-corrected chi connectivity index (χ3v) is 5.49. The fraction of sp³-hybridized carbons (Fsp3) is 0. The Hall–Kier alpha value is 0.739. The summed E-state index contributed by atoms with van der Waals surface area (Å²) in [6.07, 6.45) is 0. The SMILES string of the molecule is [Pd].[Pd].[Pd].[Pd].c1ccc(P(c2ccccc2)c2ccccc2)cc1. The van der Waals surface area contributed by atoms with Crippen LogP contribution in [-0.2, 0) is 81.7 Å². The van der Waals surface area contributed by atoms with Crippen molar-refractivity contribution in [3.8, 4) is 0 Å². The van der Waals surface area contributed by atoms with Gasteiger partial charge in [0.15, 0.2) is 0 Å². The first-order valence-corrected chi connectivity index (χ1v) is 7.74. The van der Waals surface area contributed by atoms with Gasteiger partial charge in [0.2, 0.25) is 0 Å². The molecule has 0 saturated heterocycles. The first-order valence-electron chi connectivity index (χ1n) is 6.40. The van der Waals surface area contributed by atoms with Gasteiger partial charge in [0.05, 0.1) is 0 Å². The average molecular weight is 688 g/mol. The van der Waals surface area contributed by atoms with Gasteiger partial charge >= 0.3 is 0 Å². The van der Waals surface area contributed by atoms with Gasteiger partial charge in [0, 0.05) is 81.7 Å². The predicted molar refractivity (Wildman–Crippen MR) is 85.1 cm³/mol. The Morgan fingerprint density at radius 1 is 0.348 bits per heavy atom. The molecule has 0 atom stereocenters. The molecule has 132 valence electrons. The minimum absolute atomic E-state index is 0. The molecule has 5 heteroatoms. The van der Waals surface area contributed by atoms with Gasteiger partial charge in [-0.2, -0.15) is 0 Å². The van der Waals surface area contributed by atoms with Crippen molar-refractivity contribution in [3.05, 3.63) is 91.0 Å². The molecule has 0 heterocycles. The van der Waals surface area contributed by atoms with Crippen molar-refractivity contribution < 1.29 is 81.7 Å². The Kier molecular flexibility index (Phi) is 15.8. The fourth-order valence-electron chi connectivity index (χ4n) is 2.18. The van der Waals surface area contributed by atoms with Crippen LogP contribution in [0.1, 0.15) is 0 Å². The molecule has 0 N–H and O–H groups in total. The summed E-state index contributed by atoms with van der Waals surface area (Å²) in [4.78, 5) is 0. The summed E-state index contributed by atoms with van der Waals surface area (Å²) in [5.41, 5.74) is 0. The van der Waals surface area contributed by atoms with E-state index in [1.807, 2.05) is 0 Å². The van der Waals surface area contributed by atoms with Crippen LogP contribution in [0, 0.1) is 0 Å². The molecule has 0 saturated carbocycles. The Morgan fingerprint density at radius 2 is 0.565 bits per heavy atom. The first-order chi connectivity index (χ1) is 9.45. The van der Waals surface area contributed by atoms with Crippen molar-refractivity contribution >= 4 is 23.8 Å². The molecule has 3 rings (SSSR count). The van der Waals surface area contributed by atoms with E-state index in [9.17, 15) is 0 Å². The Bertz CT molecular complexity index is 539. The zero-order chi connectivity index (χ0) is 12.9. The quantitative estimate of drug-likeness (QED) is 0.293. The number of benzene rings is 3. The minimum atomic E-state index is -0.446. The van der Waals surface area contributed by atoms with Gasteiger partial charge in [-0.15, -0.1) is 0 Å². The van der Waals surface area contributed by atoms with E-state index < -0.39 is 7.92 Å². The standard InChI is InChI=1S/C18H15P.4Pd/c1-4-10-16(11-5-1)19(17-12-6-2-7-13-17)18-14-8-3-9-15-18;;;;/h1-15H;;;;. The van der Waals surface area contributed by atoms with E-state index in [0.29, 0.717) is 0 Å². The molecule has 0 fully saturated rings. The minimum Gasteiger partial charge on any atom is -0.0622 e. The van der Waals surface area contributed by atoms with Crippen molar-refractivity contribution in [1.82, 2.24) is 0 Å². The zero-order valence-corrected chi connectivity index (χ0v) is 19.0. The Morgan fingerprint density at radius 3 is 0.783 bits per heavy atom. The normalized spacial score (nSPS) is 8.74. The molecule has 3 aromatic rings. The molecular weight excluding hydrogens is 673 g/mol. The van der Waals surface area contributed by atoms with Gasteiger partial charge in [0.25, 0.3) is 0 Å². The molecular formula is C18H15PPd4. The average Bonchev–Trinajstić information content (AvgIpc) is 2.51. The predicted octanol–water partition coefficient (Wildman–Crippen LogP) is 3.43. The van der Waals surface area contributed by atoms with E-state index in [4.69, 9.17) is 0 Å². The van der Waals surface area contributed by atoms with Crippen LogP contribution in [0.2, 0.25) is 0 Å². The molecule has 23 heavy (non-hydrogen) atoms. The van der Waals surface area contributed by atoms with Crippen molar-refractivity contribution in [3.63, 3.8) is 0 Å². The van der Waals surface area contributed by atoms with E-state index in [-0.39, 0.29) is 81.7 Å². The molecule has 0 aliphatic rings. The Labute approximate surface area is 194 Å². The van der Waals surface area contributed by atoms with Gasteiger partial charge < -0.3 is 0 Å². The van der Waals surface area contributed by atoms with E-state index in [0.717, 1.165) is 0 Å². The third-order valence-electron chi connectivity index (χ3n) is 3.04. The second-order valence-corrected chi connectivity index (χ2v) is 6.56. The van der Waals surface area contributed by atoms with Crippen molar-refractivity contribution in [1.29, 1.82) is 0 Å². The van der Waals surface area contributed by atoms with Crippen molar-refractivity contribution in [2.45, 2.75) is 0 Å². The van der Waals surface area contributed by atoms with E-state index in [1.54, 1.807) is 0 Å². The van der Waals surface area contributed by atoms with Gasteiger partial charge in [-0.25, -0.2) is 0 Å².